The molecule has 3 rings (SSSR count). The number of nitrogens with one attached hydrogen (secondary N) is 1. The highest BCUT2D eigenvalue weighted by Gasteiger charge is 2.21. The third-order valence-corrected chi connectivity index (χ3v) is 4.99. The van der Waals surface area contributed by atoms with Crippen LogP contribution in [0.2, 0.25) is 0 Å². The van der Waals surface area contributed by atoms with E-state index in [0.717, 1.165) is 22.0 Å². The topological polar surface area (TPSA) is 50.8 Å². The van der Waals surface area contributed by atoms with Crippen LogP contribution in [0.5, 0.6) is 11.5 Å². The number of methoxy groups -OCH3 is 2. The van der Waals surface area contributed by atoms with Gasteiger partial charge in [-0.3, -0.25) is 9.69 Å². The minimum Gasteiger partial charge on any atom is -0.493 e. The highest BCUT2D eigenvalue weighted by atomic mass is 16.5. The van der Waals surface area contributed by atoms with Crippen LogP contribution >= 0.6 is 0 Å². The lowest BCUT2D eigenvalue weighted by Crippen LogP contribution is -2.39. The number of amides is 1. The minimum absolute atomic E-state index is 0.0549. The van der Waals surface area contributed by atoms with E-state index < -0.39 is 0 Å². The summed E-state index contributed by atoms with van der Waals surface area (Å²) in [5.41, 5.74) is 1.79. The first-order chi connectivity index (χ1) is 13.5. The lowest BCUT2D eigenvalue weighted by molar-refractivity contribution is -0.120. The standard InChI is InChI=1S/C23H26N2O3/c1-16(25(2)15-18-11-8-14-21(27-3)22(18)28-4)23(26)24-20-13-7-10-17-9-5-6-12-19(17)20/h5-14,16H,15H2,1-4H3,(H,24,26)/t16-/m1/s1. The Kier molecular flexibility index (Phi) is 6.16. The van der Waals surface area contributed by atoms with Crippen molar-refractivity contribution in [2.45, 2.75) is 19.5 Å². The zero-order valence-electron chi connectivity index (χ0n) is 16.7. The Morgan fingerprint density at radius 2 is 1.71 bits per heavy atom. The first-order valence-electron chi connectivity index (χ1n) is 9.24. The van der Waals surface area contributed by atoms with Gasteiger partial charge in [0.1, 0.15) is 0 Å². The van der Waals surface area contributed by atoms with Crippen molar-refractivity contribution < 1.29 is 14.3 Å². The lowest BCUT2D eigenvalue weighted by atomic mass is 10.1. The maximum Gasteiger partial charge on any atom is 0.241 e. The first-order valence-corrected chi connectivity index (χ1v) is 9.24. The SMILES string of the molecule is COc1cccc(CN(C)[C@H](C)C(=O)Nc2cccc3ccccc23)c1OC. The molecule has 0 fully saturated rings. The van der Waals surface area contributed by atoms with Crippen LogP contribution < -0.4 is 14.8 Å². The first kappa shape index (κ1) is 19.7. The van der Waals surface area contributed by atoms with Crippen molar-refractivity contribution in [3.63, 3.8) is 0 Å². The zero-order valence-corrected chi connectivity index (χ0v) is 16.7. The smallest absolute Gasteiger partial charge is 0.241 e. The number of fused-ring (bicyclic) bond motifs is 1. The van der Waals surface area contributed by atoms with E-state index in [4.69, 9.17) is 9.47 Å². The number of ether oxygens (including phenoxy) is 2. The minimum atomic E-state index is -0.324. The molecule has 28 heavy (non-hydrogen) atoms. The zero-order chi connectivity index (χ0) is 20.1. The van der Waals surface area contributed by atoms with E-state index in [-0.39, 0.29) is 11.9 Å². The Hall–Kier alpha value is -3.05. The highest BCUT2D eigenvalue weighted by Crippen LogP contribution is 2.31. The summed E-state index contributed by atoms with van der Waals surface area (Å²) in [6.45, 7) is 2.46. The number of hydrogen-bond donors (Lipinski definition) is 1. The van der Waals surface area contributed by atoms with E-state index in [1.807, 2.05) is 79.5 Å². The second-order valence-electron chi connectivity index (χ2n) is 6.76. The summed E-state index contributed by atoms with van der Waals surface area (Å²) >= 11 is 0. The summed E-state index contributed by atoms with van der Waals surface area (Å²) in [6.07, 6.45) is 0. The third kappa shape index (κ3) is 4.10. The fourth-order valence-corrected chi connectivity index (χ4v) is 3.26. The van der Waals surface area contributed by atoms with Gasteiger partial charge in [-0.05, 0) is 31.5 Å². The molecule has 3 aromatic rings. The Balaban J connectivity index is 1.74. The molecule has 146 valence electrons. The summed E-state index contributed by atoms with van der Waals surface area (Å²) in [7, 11) is 5.16. The van der Waals surface area contributed by atoms with Crippen molar-refractivity contribution in [1.82, 2.24) is 4.90 Å². The largest absolute Gasteiger partial charge is 0.493 e. The fourth-order valence-electron chi connectivity index (χ4n) is 3.26. The van der Waals surface area contributed by atoms with E-state index in [9.17, 15) is 4.79 Å². The van der Waals surface area contributed by atoms with Gasteiger partial charge in [-0.2, -0.15) is 0 Å². The van der Waals surface area contributed by atoms with E-state index >= 15 is 0 Å². The van der Waals surface area contributed by atoms with Crippen molar-refractivity contribution in [2.24, 2.45) is 0 Å². The van der Waals surface area contributed by atoms with Crippen LogP contribution in [0.25, 0.3) is 10.8 Å². The molecule has 1 atom stereocenters. The summed E-state index contributed by atoms with van der Waals surface area (Å²) < 4.78 is 10.9. The van der Waals surface area contributed by atoms with Gasteiger partial charge in [0, 0.05) is 23.2 Å². The average molecular weight is 378 g/mol. The van der Waals surface area contributed by atoms with Crippen LogP contribution in [-0.2, 0) is 11.3 Å². The van der Waals surface area contributed by atoms with Crippen molar-refractivity contribution in [2.75, 3.05) is 26.6 Å². The summed E-state index contributed by atoms with van der Waals surface area (Å²) in [5.74, 6) is 1.32. The molecule has 0 aromatic heterocycles. The number of nitrogens with zero attached hydrogens (tertiary/aromatic N) is 1. The molecule has 3 aromatic carbocycles. The molecule has 0 spiro atoms. The molecule has 0 aliphatic carbocycles. The van der Waals surface area contributed by atoms with Gasteiger partial charge < -0.3 is 14.8 Å². The molecule has 1 N–H and O–H groups in total. The quantitative estimate of drug-likeness (QED) is 0.665. The molecule has 0 aliphatic rings. The van der Waals surface area contributed by atoms with Gasteiger partial charge in [0.15, 0.2) is 11.5 Å². The molecule has 0 saturated heterocycles. The molecule has 1 amide bonds. The van der Waals surface area contributed by atoms with E-state index in [1.165, 1.54) is 0 Å². The second-order valence-corrected chi connectivity index (χ2v) is 6.76. The van der Waals surface area contributed by atoms with Crippen molar-refractivity contribution >= 4 is 22.4 Å². The van der Waals surface area contributed by atoms with Crippen molar-refractivity contribution in [1.29, 1.82) is 0 Å². The summed E-state index contributed by atoms with van der Waals surface area (Å²) in [4.78, 5) is 14.8. The second kappa shape index (κ2) is 8.76. The maximum absolute atomic E-state index is 12.9. The summed E-state index contributed by atoms with van der Waals surface area (Å²) in [6, 6.07) is 19.4. The molecule has 0 saturated carbocycles. The van der Waals surface area contributed by atoms with E-state index in [0.29, 0.717) is 18.0 Å². The van der Waals surface area contributed by atoms with Crippen LogP contribution in [0.4, 0.5) is 5.69 Å². The Morgan fingerprint density at radius 3 is 2.46 bits per heavy atom. The van der Waals surface area contributed by atoms with E-state index in [2.05, 4.69) is 5.32 Å². The van der Waals surface area contributed by atoms with Crippen LogP contribution in [0.15, 0.2) is 60.7 Å². The van der Waals surface area contributed by atoms with Crippen LogP contribution in [0.3, 0.4) is 0 Å². The lowest BCUT2D eigenvalue weighted by Gasteiger charge is -2.25. The van der Waals surface area contributed by atoms with Gasteiger partial charge in [0.25, 0.3) is 0 Å². The van der Waals surface area contributed by atoms with Gasteiger partial charge in [0.2, 0.25) is 5.91 Å². The van der Waals surface area contributed by atoms with Gasteiger partial charge in [-0.15, -0.1) is 0 Å². The average Bonchev–Trinajstić information content (AvgIpc) is 2.73. The number of hydrogen-bond acceptors (Lipinski definition) is 4. The number of carbonyl (C=O) groups is 1. The monoisotopic (exact) mass is 378 g/mol. The molecule has 0 radical (unpaired) electrons. The molecule has 0 bridgehead atoms. The molecule has 5 nitrogen and oxygen atoms in total. The van der Waals surface area contributed by atoms with Crippen LogP contribution in [0, 0.1) is 0 Å². The number of anilines is 1. The highest BCUT2D eigenvalue weighted by molar-refractivity contribution is 6.03. The van der Waals surface area contributed by atoms with Crippen molar-refractivity contribution in [3.8, 4) is 11.5 Å². The number of para-hydroxylation sites is 1. The number of carbonyl (C=O) groups excluding carboxylic acids is 1. The van der Waals surface area contributed by atoms with Gasteiger partial charge >= 0.3 is 0 Å². The Morgan fingerprint density at radius 1 is 1.00 bits per heavy atom. The van der Waals surface area contributed by atoms with Crippen LogP contribution in [-0.4, -0.2) is 38.1 Å². The number of benzene rings is 3. The molecular formula is C23H26N2O3. The normalized spacial score (nSPS) is 12.0. The molecule has 5 heteroatoms. The predicted octanol–water partition coefficient (Wildman–Crippen LogP) is 4.32. The molecular weight excluding hydrogens is 352 g/mol. The Labute approximate surface area is 165 Å². The number of likely N-dealkylation sites (N-methyl/N-ethyl adjacent to an activating group) is 1. The predicted molar refractivity (Wildman–Crippen MR) is 113 cm³/mol. The van der Waals surface area contributed by atoms with Crippen LogP contribution in [0.1, 0.15) is 12.5 Å². The molecule has 0 aliphatic heterocycles. The third-order valence-electron chi connectivity index (χ3n) is 4.99. The van der Waals surface area contributed by atoms with Gasteiger partial charge in [-0.25, -0.2) is 0 Å². The fraction of sp³-hybridized carbons (Fsp3) is 0.261. The van der Waals surface area contributed by atoms with Gasteiger partial charge in [0.05, 0.1) is 20.3 Å². The van der Waals surface area contributed by atoms with E-state index in [1.54, 1.807) is 14.2 Å². The molecule has 0 unspecified atom stereocenters. The Bertz CT molecular complexity index is 966. The molecule has 0 heterocycles. The maximum atomic E-state index is 12.9. The number of rotatable bonds is 7. The van der Waals surface area contributed by atoms with Crippen molar-refractivity contribution in [3.05, 3.63) is 66.2 Å². The summed E-state index contributed by atoms with van der Waals surface area (Å²) in [5, 5.41) is 5.20. The van der Waals surface area contributed by atoms with Gasteiger partial charge in [-0.1, -0.05) is 48.5 Å².